The SMILES string of the molecule is Cc1ccc([C@H](C)NCC(O)CC2CCCC2)cc1. The number of rotatable bonds is 6. The zero-order chi connectivity index (χ0) is 13.7. The van der Waals surface area contributed by atoms with Crippen LogP contribution in [0.1, 0.15) is 56.2 Å². The molecule has 2 nitrogen and oxygen atoms in total. The fourth-order valence-corrected chi connectivity index (χ4v) is 3.00. The average molecular weight is 261 g/mol. The first-order valence-corrected chi connectivity index (χ1v) is 7.63. The first-order chi connectivity index (χ1) is 9.15. The molecule has 0 aromatic heterocycles. The van der Waals surface area contributed by atoms with Gasteiger partial charge >= 0.3 is 0 Å². The fourth-order valence-electron chi connectivity index (χ4n) is 3.00. The number of nitrogens with one attached hydrogen (secondary N) is 1. The maximum atomic E-state index is 10.1. The number of aryl methyl sites for hydroxylation is 1. The molecule has 1 aromatic carbocycles. The number of hydrogen-bond acceptors (Lipinski definition) is 2. The van der Waals surface area contributed by atoms with Crippen molar-refractivity contribution in [3.8, 4) is 0 Å². The molecule has 2 heteroatoms. The van der Waals surface area contributed by atoms with E-state index < -0.39 is 0 Å². The molecule has 1 aliphatic carbocycles. The van der Waals surface area contributed by atoms with Gasteiger partial charge in [0.25, 0.3) is 0 Å². The van der Waals surface area contributed by atoms with Gasteiger partial charge in [-0.05, 0) is 31.7 Å². The van der Waals surface area contributed by atoms with Crippen LogP contribution < -0.4 is 5.32 Å². The zero-order valence-electron chi connectivity index (χ0n) is 12.2. The summed E-state index contributed by atoms with van der Waals surface area (Å²) in [6.07, 6.45) is 6.09. The van der Waals surface area contributed by atoms with Crippen LogP contribution in [0.5, 0.6) is 0 Å². The summed E-state index contributed by atoms with van der Waals surface area (Å²) in [4.78, 5) is 0. The first-order valence-electron chi connectivity index (χ1n) is 7.63. The van der Waals surface area contributed by atoms with Gasteiger partial charge in [-0.15, -0.1) is 0 Å². The third-order valence-electron chi connectivity index (χ3n) is 4.32. The highest BCUT2D eigenvalue weighted by molar-refractivity contribution is 5.23. The van der Waals surface area contributed by atoms with E-state index in [1.165, 1.54) is 36.8 Å². The van der Waals surface area contributed by atoms with E-state index in [0.717, 1.165) is 12.3 Å². The van der Waals surface area contributed by atoms with E-state index in [1.54, 1.807) is 0 Å². The minimum Gasteiger partial charge on any atom is -0.392 e. The standard InChI is InChI=1S/C17H27NO/c1-13-7-9-16(10-8-13)14(2)18-12-17(19)11-15-5-3-4-6-15/h7-10,14-15,17-19H,3-6,11-12H2,1-2H3/t14-,17?/m0/s1. The summed E-state index contributed by atoms with van der Waals surface area (Å²) >= 11 is 0. The van der Waals surface area contributed by atoms with Crippen LogP contribution in [0.25, 0.3) is 0 Å². The van der Waals surface area contributed by atoms with Gasteiger partial charge in [-0.2, -0.15) is 0 Å². The molecule has 1 saturated carbocycles. The van der Waals surface area contributed by atoms with Crippen LogP contribution in [0.4, 0.5) is 0 Å². The van der Waals surface area contributed by atoms with Gasteiger partial charge in [0.05, 0.1) is 6.10 Å². The van der Waals surface area contributed by atoms with E-state index in [9.17, 15) is 5.11 Å². The Hall–Kier alpha value is -0.860. The van der Waals surface area contributed by atoms with Crippen molar-refractivity contribution in [1.29, 1.82) is 0 Å². The monoisotopic (exact) mass is 261 g/mol. The highest BCUT2D eigenvalue weighted by Crippen LogP contribution is 2.28. The van der Waals surface area contributed by atoms with Crippen LogP contribution in [-0.4, -0.2) is 17.8 Å². The van der Waals surface area contributed by atoms with Crippen LogP contribution in [-0.2, 0) is 0 Å². The molecule has 1 unspecified atom stereocenters. The topological polar surface area (TPSA) is 32.3 Å². The molecule has 1 aromatic rings. The van der Waals surface area contributed by atoms with Gasteiger partial charge in [0.1, 0.15) is 0 Å². The summed E-state index contributed by atoms with van der Waals surface area (Å²) in [5.74, 6) is 0.756. The van der Waals surface area contributed by atoms with Crippen molar-refractivity contribution in [1.82, 2.24) is 5.32 Å². The van der Waals surface area contributed by atoms with Crippen LogP contribution >= 0.6 is 0 Å². The second kappa shape index (κ2) is 7.06. The Kier molecular flexibility index (Phi) is 5.41. The lowest BCUT2D eigenvalue weighted by atomic mass is 9.99. The van der Waals surface area contributed by atoms with E-state index in [2.05, 4.69) is 43.4 Å². The summed E-state index contributed by atoms with van der Waals surface area (Å²) in [6.45, 7) is 4.96. The predicted octanol–water partition coefficient (Wildman–Crippen LogP) is 3.59. The van der Waals surface area contributed by atoms with Crippen molar-refractivity contribution in [3.05, 3.63) is 35.4 Å². The number of benzene rings is 1. The number of hydrogen-bond donors (Lipinski definition) is 2. The van der Waals surface area contributed by atoms with Crippen LogP contribution in [0, 0.1) is 12.8 Å². The van der Waals surface area contributed by atoms with Crippen molar-refractivity contribution in [2.75, 3.05) is 6.54 Å². The minimum atomic E-state index is -0.198. The molecule has 2 atom stereocenters. The third kappa shape index (κ3) is 4.63. The van der Waals surface area contributed by atoms with E-state index >= 15 is 0 Å². The summed E-state index contributed by atoms with van der Waals surface area (Å²) in [5, 5.41) is 13.5. The third-order valence-corrected chi connectivity index (χ3v) is 4.32. The van der Waals surface area contributed by atoms with Crippen LogP contribution in [0.2, 0.25) is 0 Å². The molecule has 0 radical (unpaired) electrons. The predicted molar refractivity (Wildman–Crippen MR) is 80.2 cm³/mol. The summed E-state index contributed by atoms with van der Waals surface area (Å²) in [5.41, 5.74) is 2.58. The normalized spacial score (nSPS) is 19.5. The summed E-state index contributed by atoms with van der Waals surface area (Å²) in [6, 6.07) is 8.91. The Morgan fingerprint density at radius 2 is 1.84 bits per heavy atom. The molecule has 0 heterocycles. The van der Waals surface area contributed by atoms with Gasteiger partial charge in [-0.3, -0.25) is 0 Å². The lowest BCUT2D eigenvalue weighted by Gasteiger charge is -2.19. The zero-order valence-corrected chi connectivity index (χ0v) is 12.2. The second-order valence-corrected chi connectivity index (χ2v) is 6.08. The molecule has 0 spiro atoms. The van der Waals surface area contributed by atoms with Crippen LogP contribution in [0.15, 0.2) is 24.3 Å². The van der Waals surface area contributed by atoms with Gasteiger partial charge < -0.3 is 10.4 Å². The van der Waals surface area contributed by atoms with E-state index in [-0.39, 0.29) is 6.10 Å². The van der Waals surface area contributed by atoms with E-state index in [1.807, 2.05) is 0 Å². The highest BCUT2D eigenvalue weighted by atomic mass is 16.3. The molecular weight excluding hydrogens is 234 g/mol. The maximum absolute atomic E-state index is 10.1. The molecule has 106 valence electrons. The molecule has 0 bridgehead atoms. The van der Waals surface area contributed by atoms with Crippen molar-refractivity contribution in [2.45, 2.75) is 58.1 Å². The van der Waals surface area contributed by atoms with Gasteiger partial charge in [0, 0.05) is 12.6 Å². The molecular formula is C17H27NO. The molecule has 0 amide bonds. The van der Waals surface area contributed by atoms with Crippen molar-refractivity contribution >= 4 is 0 Å². The van der Waals surface area contributed by atoms with Gasteiger partial charge in [-0.1, -0.05) is 55.5 Å². The quantitative estimate of drug-likeness (QED) is 0.820. The van der Waals surface area contributed by atoms with E-state index in [0.29, 0.717) is 12.6 Å². The van der Waals surface area contributed by atoms with Crippen LogP contribution in [0.3, 0.4) is 0 Å². The summed E-state index contributed by atoms with van der Waals surface area (Å²) in [7, 11) is 0. The van der Waals surface area contributed by atoms with Gasteiger partial charge in [0.15, 0.2) is 0 Å². The fraction of sp³-hybridized carbons (Fsp3) is 0.647. The second-order valence-electron chi connectivity index (χ2n) is 6.08. The minimum absolute atomic E-state index is 0.198. The van der Waals surface area contributed by atoms with Gasteiger partial charge in [-0.25, -0.2) is 0 Å². The summed E-state index contributed by atoms with van der Waals surface area (Å²) < 4.78 is 0. The van der Waals surface area contributed by atoms with Crippen molar-refractivity contribution in [2.24, 2.45) is 5.92 Å². The maximum Gasteiger partial charge on any atom is 0.0667 e. The number of aliphatic hydroxyl groups excluding tert-OH is 1. The van der Waals surface area contributed by atoms with Crippen molar-refractivity contribution in [3.63, 3.8) is 0 Å². The molecule has 19 heavy (non-hydrogen) atoms. The Balaban J connectivity index is 1.73. The molecule has 0 saturated heterocycles. The Morgan fingerprint density at radius 1 is 1.21 bits per heavy atom. The van der Waals surface area contributed by atoms with Crippen molar-refractivity contribution < 1.29 is 5.11 Å². The first kappa shape index (κ1) is 14.5. The van der Waals surface area contributed by atoms with E-state index in [4.69, 9.17) is 0 Å². The largest absolute Gasteiger partial charge is 0.392 e. The lowest BCUT2D eigenvalue weighted by molar-refractivity contribution is 0.137. The lowest BCUT2D eigenvalue weighted by Crippen LogP contribution is -2.30. The smallest absolute Gasteiger partial charge is 0.0667 e. The molecule has 0 aliphatic heterocycles. The Morgan fingerprint density at radius 3 is 2.47 bits per heavy atom. The average Bonchev–Trinajstić information content (AvgIpc) is 2.89. The highest BCUT2D eigenvalue weighted by Gasteiger charge is 2.19. The molecule has 2 rings (SSSR count). The Labute approximate surface area is 117 Å². The molecule has 1 fully saturated rings. The molecule has 2 N–H and O–H groups in total. The molecule has 1 aliphatic rings. The van der Waals surface area contributed by atoms with Gasteiger partial charge in [0.2, 0.25) is 0 Å². The Bertz CT molecular complexity index is 367. The number of aliphatic hydroxyl groups is 1.